The summed E-state index contributed by atoms with van der Waals surface area (Å²) in [5.41, 5.74) is 0. The van der Waals surface area contributed by atoms with Gasteiger partial charge in [-0.1, -0.05) is 0 Å². The van der Waals surface area contributed by atoms with Crippen molar-refractivity contribution in [3.8, 4) is 0 Å². The van der Waals surface area contributed by atoms with Gasteiger partial charge in [0.05, 0.1) is 0 Å². The third-order valence-electron chi connectivity index (χ3n) is 1.17. The zero-order valence-electron chi connectivity index (χ0n) is 6.40. The van der Waals surface area contributed by atoms with Crippen LogP contribution in [0.25, 0.3) is 0 Å². The minimum atomic E-state index is -0.933. The minimum absolute atomic E-state index is 0.343. The van der Waals surface area contributed by atoms with Crippen molar-refractivity contribution in [1.82, 2.24) is 4.90 Å². The van der Waals surface area contributed by atoms with Crippen molar-refractivity contribution in [3.05, 3.63) is 0 Å². The summed E-state index contributed by atoms with van der Waals surface area (Å²) in [5.74, 6) is -0.343. The lowest BCUT2D eigenvalue weighted by Gasteiger charge is -2.26. The number of hydrogen-bond acceptors (Lipinski definition) is 3. The van der Waals surface area contributed by atoms with E-state index in [0.717, 1.165) is 4.90 Å². The van der Waals surface area contributed by atoms with Crippen LogP contribution < -0.4 is 0 Å². The number of amides is 1. The van der Waals surface area contributed by atoms with Crippen LogP contribution in [0, 0.1) is 0 Å². The number of rotatable bonds is 2. The third-order valence-corrected chi connectivity index (χ3v) is 1.17. The van der Waals surface area contributed by atoms with E-state index in [1.807, 2.05) is 0 Å². The molecule has 0 aliphatic heterocycles. The maximum Gasteiger partial charge on any atom is 0.223 e. The highest BCUT2D eigenvalue weighted by Gasteiger charge is 2.17. The number of aliphatic hydroxyl groups is 2. The van der Waals surface area contributed by atoms with Gasteiger partial charge in [0, 0.05) is 6.92 Å². The van der Waals surface area contributed by atoms with Gasteiger partial charge in [0.15, 0.2) is 0 Å². The second-order valence-electron chi connectivity index (χ2n) is 2.19. The van der Waals surface area contributed by atoms with Gasteiger partial charge in [0.2, 0.25) is 5.91 Å². The summed E-state index contributed by atoms with van der Waals surface area (Å²) in [4.78, 5) is 11.6. The molecule has 2 unspecified atom stereocenters. The average molecular weight is 147 g/mol. The fourth-order valence-electron chi connectivity index (χ4n) is 0.838. The van der Waals surface area contributed by atoms with Crippen molar-refractivity contribution in [3.63, 3.8) is 0 Å². The van der Waals surface area contributed by atoms with Crippen LogP contribution >= 0.6 is 0 Å². The van der Waals surface area contributed by atoms with Gasteiger partial charge in [-0.05, 0) is 13.8 Å². The highest BCUT2D eigenvalue weighted by molar-refractivity contribution is 5.73. The molecule has 4 nitrogen and oxygen atoms in total. The molecule has 0 fully saturated rings. The van der Waals surface area contributed by atoms with Crippen LogP contribution in [-0.4, -0.2) is 33.5 Å². The first-order valence-electron chi connectivity index (χ1n) is 3.12. The second kappa shape index (κ2) is 3.53. The van der Waals surface area contributed by atoms with E-state index in [0.29, 0.717) is 0 Å². The minimum Gasteiger partial charge on any atom is -0.374 e. The number of aliphatic hydroxyl groups excluding tert-OH is 2. The fourth-order valence-corrected chi connectivity index (χ4v) is 0.838. The fraction of sp³-hybridized carbons (Fsp3) is 0.833. The van der Waals surface area contributed by atoms with E-state index in [1.54, 1.807) is 0 Å². The number of hydrogen-bond donors (Lipinski definition) is 2. The molecule has 0 spiro atoms. The molecule has 0 saturated carbocycles. The molecule has 0 radical (unpaired) electrons. The van der Waals surface area contributed by atoms with Gasteiger partial charge < -0.3 is 10.2 Å². The largest absolute Gasteiger partial charge is 0.374 e. The summed E-state index contributed by atoms with van der Waals surface area (Å²) in [6, 6.07) is 0. The van der Waals surface area contributed by atoms with Gasteiger partial charge >= 0.3 is 0 Å². The van der Waals surface area contributed by atoms with E-state index in [9.17, 15) is 4.79 Å². The van der Waals surface area contributed by atoms with Gasteiger partial charge in [-0.2, -0.15) is 0 Å². The Labute approximate surface area is 60.1 Å². The molecule has 0 rings (SSSR count). The van der Waals surface area contributed by atoms with E-state index < -0.39 is 12.5 Å². The monoisotopic (exact) mass is 147 g/mol. The Kier molecular flexibility index (Phi) is 3.32. The summed E-state index contributed by atoms with van der Waals surface area (Å²) in [6.45, 7) is 4.14. The third kappa shape index (κ3) is 2.33. The molecular weight excluding hydrogens is 134 g/mol. The number of carbonyl (C=O) groups is 1. The van der Waals surface area contributed by atoms with Crippen molar-refractivity contribution in [2.75, 3.05) is 0 Å². The normalized spacial score (nSPS) is 16.1. The van der Waals surface area contributed by atoms with Gasteiger partial charge in [0.25, 0.3) is 0 Å². The Morgan fingerprint density at radius 2 is 1.60 bits per heavy atom. The van der Waals surface area contributed by atoms with Crippen molar-refractivity contribution in [2.45, 2.75) is 33.2 Å². The Hall–Kier alpha value is -0.610. The lowest BCUT2D eigenvalue weighted by molar-refractivity contribution is -0.153. The van der Waals surface area contributed by atoms with Crippen molar-refractivity contribution >= 4 is 5.91 Å². The SMILES string of the molecule is CC(=O)N(C(C)O)C(C)O. The van der Waals surface area contributed by atoms with Crippen LogP contribution in [0.15, 0.2) is 0 Å². The van der Waals surface area contributed by atoms with Crippen LogP contribution in [0.4, 0.5) is 0 Å². The molecule has 0 aromatic heterocycles. The molecule has 0 aromatic carbocycles. The Morgan fingerprint density at radius 3 is 1.60 bits per heavy atom. The van der Waals surface area contributed by atoms with Gasteiger partial charge in [-0.3, -0.25) is 9.69 Å². The molecule has 0 saturated heterocycles. The maximum absolute atomic E-state index is 10.6. The average Bonchev–Trinajstić information content (AvgIpc) is 1.59. The maximum atomic E-state index is 10.6. The Morgan fingerprint density at radius 1 is 1.30 bits per heavy atom. The van der Waals surface area contributed by atoms with Gasteiger partial charge in [-0.25, -0.2) is 0 Å². The van der Waals surface area contributed by atoms with Crippen molar-refractivity contribution in [2.24, 2.45) is 0 Å². The molecule has 0 heterocycles. The highest BCUT2D eigenvalue weighted by Crippen LogP contribution is 2.00. The topological polar surface area (TPSA) is 60.8 Å². The van der Waals surface area contributed by atoms with Crippen molar-refractivity contribution < 1.29 is 15.0 Å². The molecule has 0 aliphatic carbocycles. The lowest BCUT2D eigenvalue weighted by Crippen LogP contribution is -2.43. The Bertz CT molecular complexity index is 114. The molecule has 1 amide bonds. The zero-order valence-corrected chi connectivity index (χ0v) is 6.40. The molecule has 10 heavy (non-hydrogen) atoms. The molecule has 2 N–H and O–H groups in total. The number of nitrogens with zero attached hydrogens (tertiary/aromatic N) is 1. The molecule has 60 valence electrons. The zero-order chi connectivity index (χ0) is 8.31. The van der Waals surface area contributed by atoms with Gasteiger partial charge in [-0.15, -0.1) is 0 Å². The smallest absolute Gasteiger partial charge is 0.223 e. The molecule has 4 heteroatoms. The van der Waals surface area contributed by atoms with Gasteiger partial charge in [0.1, 0.15) is 12.5 Å². The van der Waals surface area contributed by atoms with E-state index >= 15 is 0 Å². The molecule has 0 bridgehead atoms. The molecule has 0 aliphatic rings. The van der Waals surface area contributed by atoms with Crippen LogP contribution in [0.3, 0.4) is 0 Å². The van der Waals surface area contributed by atoms with E-state index in [-0.39, 0.29) is 5.91 Å². The van der Waals surface area contributed by atoms with Crippen molar-refractivity contribution in [1.29, 1.82) is 0 Å². The van der Waals surface area contributed by atoms with E-state index in [4.69, 9.17) is 10.2 Å². The van der Waals surface area contributed by atoms with Crippen LogP contribution in [0.5, 0.6) is 0 Å². The van der Waals surface area contributed by atoms with Crippen LogP contribution in [0.2, 0.25) is 0 Å². The quantitative estimate of drug-likeness (QED) is 0.518. The molecular formula is C6H13NO3. The standard InChI is InChI=1S/C6H13NO3/c1-4(8)7(5(2)9)6(3)10/h4-5,8-9H,1-3H3. The van der Waals surface area contributed by atoms with Crippen LogP contribution in [0.1, 0.15) is 20.8 Å². The first-order chi connectivity index (χ1) is 4.46. The van der Waals surface area contributed by atoms with Crippen LogP contribution in [-0.2, 0) is 4.79 Å². The number of carbonyl (C=O) groups excluding carboxylic acids is 1. The second-order valence-corrected chi connectivity index (χ2v) is 2.19. The van der Waals surface area contributed by atoms with E-state index in [1.165, 1.54) is 20.8 Å². The Balaban J connectivity index is 4.12. The summed E-state index contributed by atoms with van der Waals surface area (Å²) < 4.78 is 0. The summed E-state index contributed by atoms with van der Waals surface area (Å²) in [6.07, 6.45) is -1.87. The first kappa shape index (κ1) is 9.39. The predicted octanol–water partition coefficient (Wildman–Crippen LogP) is -0.488. The summed E-state index contributed by atoms with van der Waals surface area (Å²) in [5, 5.41) is 17.8. The predicted molar refractivity (Wildman–Crippen MR) is 35.9 cm³/mol. The molecule has 0 aromatic rings. The summed E-state index contributed by atoms with van der Waals surface area (Å²) >= 11 is 0. The summed E-state index contributed by atoms with van der Waals surface area (Å²) in [7, 11) is 0. The highest BCUT2D eigenvalue weighted by atomic mass is 16.3. The lowest BCUT2D eigenvalue weighted by atomic mass is 10.4. The van der Waals surface area contributed by atoms with E-state index in [2.05, 4.69) is 0 Å². The molecule has 2 atom stereocenters. The first-order valence-corrected chi connectivity index (χ1v) is 3.12.